The molecule has 2 aromatic carbocycles. The van der Waals surface area contributed by atoms with Crippen molar-refractivity contribution in [1.82, 2.24) is 10.2 Å². The van der Waals surface area contributed by atoms with Gasteiger partial charge in [-0.3, -0.25) is 5.10 Å². The Morgan fingerprint density at radius 1 is 1.14 bits per heavy atom. The average Bonchev–Trinajstić information content (AvgIpc) is 2.88. The third-order valence-corrected chi connectivity index (χ3v) is 3.58. The molecule has 4 heteroatoms. The van der Waals surface area contributed by atoms with Gasteiger partial charge in [-0.25, -0.2) is 4.39 Å². The van der Waals surface area contributed by atoms with E-state index in [0.717, 1.165) is 28.8 Å². The Morgan fingerprint density at radius 3 is 2.71 bits per heavy atom. The number of nitrogens with two attached hydrogens (primary N) is 1. The predicted molar refractivity (Wildman–Crippen MR) is 83.2 cm³/mol. The lowest BCUT2D eigenvalue weighted by Crippen LogP contribution is -1.92. The van der Waals surface area contributed by atoms with Crippen LogP contribution in [0.15, 0.2) is 48.5 Å². The molecule has 0 atom stereocenters. The summed E-state index contributed by atoms with van der Waals surface area (Å²) in [5, 5.41) is 7.09. The van der Waals surface area contributed by atoms with Crippen LogP contribution in [0, 0.1) is 5.82 Å². The number of aryl methyl sites for hydroxylation is 1. The number of rotatable bonds is 3. The van der Waals surface area contributed by atoms with E-state index in [4.69, 9.17) is 5.73 Å². The maximum Gasteiger partial charge on any atom is 0.153 e. The molecule has 0 aliphatic carbocycles. The van der Waals surface area contributed by atoms with Crippen molar-refractivity contribution in [2.24, 2.45) is 0 Å². The van der Waals surface area contributed by atoms with E-state index >= 15 is 0 Å². The zero-order valence-corrected chi connectivity index (χ0v) is 11.7. The molecule has 0 radical (unpaired) electrons. The number of H-pyrrole nitrogens is 1. The number of hydrogen-bond donors (Lipinski definition) is 2. The van der Waals surface area contributed by atoms with Crippen molar-refractivity contribution in [2.45, 2.75) is 13.3 Å². The van der Waals surface area contributed by atoms with Crippen LogP contribution in [0.4, 0.5) is 10.2 Å². The second kappa shape index (κ2) is 5.40. The van der Waals surface area contributed by atoms with Crippen LogP contribution in [0.1, 0.15) is 12.5 Å². The van der Waals surface area contributed by atoms with Crippen molar-refractivity contribution in [3.63, 3.8) is 0 Å². The maximum atomic E-state index is 13.5. The molecule has 3 rings (SSSR count). The minimum Gasteiger partial charge on any atom is -0.382 e. The topological polar surface area (TPSA) is 54.7 Å². The molecule has 0 fully saturated rings. The van der Waals surface area contributed by atoms with Gasteiger partial charge in [0.2, 0.25) is 0 Å². The van der Waals surface area contributed by atoms with Crippen LogP contribution in [0.2, 0.25) is 0 Å². The number of aromatic nitrogens is 2. The Balaban J connectivity index is 2.22. The number of benzene rings is 2. The van der Waals surface area contributed by atoms with Gasteiger partial charge in [-0.15, -0.1) is 0 Å². The van der Waals surface area contributed by atoms with Crippen molar-refractivity contribution in [2.75, 3.05) is 5.73 Å². The number of hydrogen-bond acceptors (Lipinski definition) is 2. The SMILES string of the molecule is CCc1ccccc1-c1[nH]nc(N)c1-c1cccc(F)c1. The van der Waals surface area contributed by atoms with E-state index in [1.807, 2.05) is 24.3 Å². The number of nitrogen functional groups attached to an aromatic ring is 1. The molecule has 1 heterocycles. The Kier molecular flexibility index (Phi) is 3.44. The zero-order valence-electron chi connectivity index (χ0n) is 11.7. The van der Waals surface area contributed by atoms with Crippen LogP contribution in [0.5, 0.6) is 0 Å². The van der Waals surface area contributed by atoms with Crippen molar-refractivity contribution < 1.29 is 4.39 Å². The number of nitrogens with zero attached hydrogens (tertiary/aromatic N) is 1. The van der Waals surface area contributed by atoms with Gasteiger partial charge in [-0.1, -0.05) is 43.3 Å². The van der Waals surface area contributed by atoms with E-state index in [1.165, 1.54) is 17.7 Å². The smallest absolute Gasteiger partial charge is 0.153 e. The van der Waals surface area contributed by atoms with Gasteiger partial charge in [-0.05, 0) is 29.7 Å². The van der Waals surface area contributed by atoms with Gasteiger partial charge in [-0.2, -0.15) is 5.10 Å². The molecular weight excluding hydrogens is 265 g/mol. The normalized spacial score (nSPS) is 10.8. The fourth-order valence-electron chi connectivity index (χ4n) is 2.56. The van der Waals surface area contributed by atoms with Gasteiger partial charge < -0.3 is 5.73 Å². The third kappa shape index (κ3) is 2.40. The molecule has 3 aromatic rings. The molecule has 0 saturated carbocycles. The molecule has 0 aliphatic rings. The molecule has 3 nitrogen and oxygen atoms in total. The lowest BCUT2D eigenvalue weighted by molar-refractivity contribution is 0.628. The monoisotopic (exact) mass is 281 g/mol. The predicted octanol–water partition coefficient (Wildman–Crippen LogP) is 4.03. The van der Waals surface area contributed by atoms with Crippen LogP contribution in [-0.4, -0.2) is 10.2 Å². The fraction of sp³-hybridized carbons (Fsp3) is 0.118. The van der Waals surface area contributed by atoms with Crippen LogP contribution in [0.25, 0.3) is 22.4 Å². The minimum absolute atomic E-state index is 0.289. The van der Waals surface area contributed by atoms with E-state index in [1.54, 1.807) is 6.07 Å². The van der Waals surface area contributed by atoms with Gasteiger partial charge >= 0.3 is 0 Å². The lowest BCUT2D eigenvalue weighted by Gasteiger charge is -2.09. The summed E-state index contributed by atoms with van der Waals surface area (Å²) in [7, 11) is 0. The Morgan fingerprint density at radius 2 is 1.95 bits per heavy atom. The summed E-state index contributed by atoms with van der Waals surface area (Å²) in [6.07, 6.45) is 0.900. The molecule has 1 aromatic heterocycles. The molecule has 0 spiro atoms. The first-order chi connectivity index (χ1) is 10.2. The highest BCUT2D eigenvalue weighted by molar-refractivity contribution is 5.88. The average molecular weight is 281 g/mol. The second-order valence-electron chi connectivity index (χ2n) is 4.88. The van der Waals surface area contributed by atoms with Crippen molar-refractivity contribution in [3.05, 3.63) is 59.9 Å². The van der Waals surface area contributed by atoms with Crippen LogP contribution < -0.4 is 5.73 Å². The van der Waals surface area contributed by atoms with Crippen molar-refractivity contribution in [3.8, 4) is 22.4 Å². The molecule has 21 heavy (non-hydrogen) atoms. The van der Waals surface area contributed by atoms with Crippen LogP contribution in [0.3, 0.4) is 0 Å². The first-order valence-corrected chi connectivity index (χ1v) is 6.88. The summed E-state index contributed by atoms with van der Waals surface area (Å²) in [5.41, 5.74) is 10.5. The summed E-state index contributed by atoms with van der Waals surface area (Å²) in [6.45, 7) is 2.10. The van der Waals surface area contributed by atoms with Gasteiger partial charge in [0.1, 0.15) is 5.82 Å². The molecule has 0 bridgehead atoms. The largest absolute Gasteiger partial charge is 0.382 e. The Bertz CT molecular complexity index is 777. The summed E-state index contributed by atoms with van der Waals surface area (Å²) < 4.78 is 13.5. The summed E-state index contributed by atoms with van der Waals surface area (Å²) in [5.74, 6) is 0.0873. The van der Waals surface area contributed by atoms with Gasteiger partial charge in [0.15, 0.2) is 5.82 Å². The van der Waals surface area contributed by atoms with Crippen LogP contribution in [-0.2, 0) is 6.42 Å². The Hall–Kier alpha value is -2.62. The molecule has 0 saturated heterocycles. The van der Waals surface area contributed by atoms with Gasteiger partial charge in [0.25, 0.3) is 0 Å². The van der Waals surface area contributed by atoms with E-state index in [2.05, 4.69) is 23.2 Å². The second-order valence-corrected chi connectivity index (χ2v) is 4.88. The summed E-state index contributed by atoms with van der Waals surface area (Å²) >= 11 is 0. The molecule has 0 unspecified atom stereocenters. The molecule has 0 aliphatic heterocycles. The van der Waals surface area contributed by atoms with Crippen molar-refractivity contribution in [1.29, 1.82) is 0 Å². The zero-order chi connectivity index (χ0) is 14.8. The highest BCUT2D eigenvalue weighted by atomic mass is 19.1. The molecule has 0 amide bonds. The fourth-order valence-corrected chi connectivity index (χ4v) is 2.56. The van der Waals surface area contributed by atoms with E-state index in [9.17, 15) is 4.39 Å². The first-order valence-electron chi connectivity index (χ1n) is 6.88. The lowest BCUT2D eigenvalue weighted by atomic mass is 9.96. The molecule has 106 valence electrons. The quantitative estimate of drug-likeness (QED) is 0.761. The number of anilines is 1. The van der Waals surface area contributed by atoms with Crippen molar-refractivity contribution >= 4 is 5.82 Å². The van der Waals surface area contributed by atoms with Crippen LogP contribution >= 0.6 is 0 Å². The highest BCUT2D eigenvalue weighted by Gasteiger charge is 2.16. The molecule has 3 N–H and O–H groups in total. The van der Waals surface area contributed by atoms with Gasteiger partial charge in [0, 0.05) is 5.56 Å². The third-order valence-electron chi connectivity index (χ3n) is 3.58. The Labute approximate surface area is 122 Å². The summed E-state index contributed by atoms with van der Waals surface area (Å²) in [4.78, 5) is 0. The van der Waals surface area contributed by atoms with Gasteiger partial charge in [0.05, 0.1) is 11.3 Å². The van der Waals surface area contributed by atoms with E-state index < -0.39 is 0 Å². The first kappa shape index (κ1) is 13.4. The maximum absolute atomic E-state index is 13.5. The number of aromatic amines is 1. The standard InChI is InChI=1S/C17H16FN3/c1-2-11-6-3-4-9-14(11)16-15(17(19)21-20-16)12-7-5-8-13(18)10-12/h3-10H,2H2,1H3,(H3,19,20,21). The summed E-state index contributed by atoms with van der Waals surface area (Å²) in [6, 6.07) is 14.5. The van der Waals surface area contributed by atoms with E-state index in [0.29, 0.717) is 5.82 Å². The minimum atomic E-state index is -0.289. The molecular formula is C17H16FN3. The van der Waals surface area contributed by atoms with E-state index in [-0.39, 0.29) is 5.82 Å². The highest BCUT2D eigenvalue weighted by Crippen LogP contribution is 2.36. The number of halogens is 1. The number of nitrogens with one attached hydrogen (secondary N) is 1.